The molecule has 2 aromatic rings. The zero-order valence-electron chi connectivity index (χ0n) is 15.2. The molecule has 1 heterocycles. The van der Waals surface area contributed by atoms with Crippen molar-refractivity contribution in [3.63, 3.8) is 0 Å². The quantitative estimate of drug-likeness (QED) is 0.656. The van der Waals surface area contributed by atoms with E-state index in [0.29, 0.717) is 37.3 Å². The number of benzene rings is 1. The fraction of sp³-hybridized carbons (Fsp3) is 0.474. The number of hydrogen-bond donors (Lipinski definition) is 1. The zero-order valence-corrected chi connectivity index (χ0v) is 15.2. The molecule has 140 valence electrons. The second-order valence-electron chi connectivity index (χ2n) is 6.36. The Morgan fingerprint density at radius 1 is 1.35 bits per heavy atom. The van der Waals surface area contributed by atoms with Crippen molar-refractivity contribution in [2.24, 2.45) is 0 Å². The maximum absolute atomic E-state index is 12.0. The van der Waals surface area contributed by atoms with Crippen LogP contribution in [0.5, 0.6) is 5.75 Å². The molecule has 0 unspecified atom stereocenters. The highest BCUT2D eigenvalue weighted by molar-refractivity contribution is 5.91. The van der Waals surface area contributed by atoms with Gasteiger partial charge >= 0.3 is 0 Å². The summed E-state index contributed by atoms with van der Waals surface area (Å²) in [5.41, 5.74) is 1.48. The number of methoxy groups -OCH3 is 2. The van der Waals surface area contributed by atoms with Gasteiger partial charge in [-0.15, -0.1) is 0 Å². The number of oxazole rings is 1. The third-order valence-electron chi connectivity index (χ3n) is 4.30. The van der Waals surface area contributed by atoms with Crippen LogP contribution >= 0.6 is 0 Å². The molecular formula is C19H25N3O4. The highest BCUT2D eigenvalue weighted by Gasteiger charge is 2.30. The van der Waals surface area contributed by atoms with Crippen LogP contribution in [0.1, 0.15) is 34.8 Å². The first-order valence-electron chi connectivity index (χ1n) is 8.78. The van der Waals surface area contributed by atoms with Crippen molar-refractivity contribution in [2.75, 3.05) is 27.4 Å². The maximum Gasteiger partial charge on any atom is 0.273 e. The second kappa shape index (κ2) is 8.82. The van der Waals surface area contributed by atoms with Crippen LogP contribution in [0, 0.1) is 0 Å². The van der Waals surface area contributed by atoms with E-state index in [1.807, 2.05) is 18.2 Å². The summed E-state index contributed by atoms with van der Waals surface area (Å²) in [5.74, 6) is 1.16. The molecular weight excluding hydrogens is 334 g/mol. The van der Waals surface area contributed by atoms with Gasteiger partial charge in [-0.25, -0.2) is 4.98 Å². The van der Waals surface area contributed by atoms with Crippen molar-refractivity contribution in [1.82, 2.24) is 15.2 Å². The molecule has 7 nitrogen and oxygen atoms in total. The summed E-state index contributed by atoms with van der Waals surface area (Å²) < 4.78 is 15.7. The molecule has 1 fully saturated rings. The van der Waals surface area contributed by atoms with E-state index in [1.165, 1.54) is 24.7 Å². The van der Waals surface area contributed by atoms with Crippen LogP contribution < -0.4 is 10.1 Å². The summed E-state index contributed by atoms with van der Waals surface area (Å²) in [6.45, 7) is 2.28. The Labute approximate surface area is 153 Å². The number of amides is 1. The number of carbonyl (C=O) groups excluding carboxylic acids is 1. The van der Waals surface area contributed by atoms with E-state index in [1.54, 1.807) is 14.2 Å². The number of hydrogen-bond acceptors (Lipinski definition) is 6. The van der Waals surface area contributed by atoms with Crippen molar-refractivity contribution in [1.29, 1.82) is 0 Å². The first-order chi connectivity index (χ1) is 12.7. The molecule has 0 spiro atoms. The van der Waals surface area contributed by atoms with Crippen molar-refractivity contribution in [3.8, 4) is 5.75 Å². The minimum atomic E-state index is -0.247. The number of nitrogens with one attached hydrogen (secondary N) is 1. The molecule has 1 saturated carbocycles. The Morgan fingerprint density at radius 2 is 2.19 bits per heavy atom. The van der Waals surface area contributed by atoms with Gasteiger partial charge in [-0.05, 0) is 30.5 Å². The summed E-state index contributed by atoms with van der Waals surface area (Å²) in [4.78, 5) is 18.7. The Kier molecular flexibility index (Phi) is 6.25. The fourth-order valence-corrected chi connectivity index (χ4v) is 2.78. The van der Waals surface area contributed by atoms with Crippen LogP contribution in [0.15, 0.2) is 34.9 Å². The zero-order chi connectivity index (χ0) is 18.4. The SMILES string of the molecule is COCCNC(=O)c1coc(CN(Cc2cccc(OC)c2)C2CC2)n1. The lowest BCUT2D eigenvalue weighted by atomic mass is 10.2. The van der Waals surface area contributed by atoms with Gasteiger partial charge in [0.05, 0.1) is 20.3 Å². The molecule has 1 amide bonds. The summed E-state index contributed by atoms with van der Waals surface area (Å²) in [5, 5.41) is 2.74. The number of rotatable bonds is 10. The molecule has 1 N–H and O–H groups in total. The number of nitrogens with zero attached hydrogens (tertiary/aromatic N) is 2. The van der Waals surface area contributed by atoms with E-state index < -0.39 is 0 Å². The van der Waals surface area contributed by atoms with Crippen molar-refractivity contribution in [3.05, 3.63) is 47.7 Å². The summed E-state index contributed by atoms with van der Waals surface area (Å²) in [6.07, 6.45) is 3.76. The van der Waals surface area contributed by atoms with Gasteiger partial charge in [0.15, 0.2) is 5.69 Å². The largest absolute Gasteiger partial charge is 0.497 e. The van der Waals surface area contributed by atoms with E-state index in [9.17, 15) is 4.79 Å². The van der Waals surface area contributed by atoms with E-state index in [2.05, 4.69) is 21.3 Å². The molecule has 0 bridgehead atoms. The van der Waals surface area contributed by atoms with Gasteiger partial charge in [0.2, 0.25) is 5.89 Å². The lowest BCUT2D eigenvalue weighted by Gasteiger charge is -2.20. The monoisotopic (exact) mass is 359 g/mol. The molecule has 0 atom stereocenters. The van der Waals surface area contributed by atoms with Crippen LogP contribution in [0.25, 0.3) is 0 Å². The standard InChI is InChI=1S/C19H25N3O4/c1-24-9-8-20-19(23)17-13-26-18(21-17)12-22(15-6-7-15)11-14-4-3-5-16(10-14)25-2/h3-5,10,13,15H,6-9,11-12H2,1-2H3,(H,20,23). The van der Waals surface area contributed by atoms with Crippen LogP contribution in [0.2, 0.25) is 0 Å². The Balaban J connectivity index is 1.61. The van der Waals surface area contributed by atoms with Gasteiger partial charge < -0.3 is 19.2 Å². The van der Waals surface area contributed by atoms with Crippen LogP contribution in [-0.2, 0) is 17.8 Å². The van der Waals surface area contributed by atoms with Gasteiger partial charge in [0, 0.05) is 26.2 Å². The Bertz CT molecular complexity index is 727. The first kappa shape index (κ1) is 18.4. The molecule has 7 heteroatoms. The van der Waals surface area contributed by atoms with Crippen molar-refractivity contribution in [2.45, 2.75) is 32.0 Å². The predicted octanol–water partition coefficient (Wildman–Crippen LogP) is 2.22. The number of carbonyl (C=O) groups is 1. The summed E-state index contributed by atoms with van der Waals surface area (Å²) in [7, 11) is 3.26. The third kappa shape index (κ3) is 5.06. The average Bonchev–Trinajstić information content (AvgIpc) is 3.40. The van der Waals surface area contributed by atoms with E-state index in [4.69, 9.17) is 13.9 Å². The van der Waals surface area contributed by atoms with Gasteiger partial charge in [-0.3, -0.25) is 9.69 Å². The molecule has 0 radical (unpaired) electrons. The smallest absolute Gasteiger partial charge is 0.273 e. The normalized spacial score (nSPS) is 13.8. The van der Waals surface area contributed by atoms with E-state index in [-0.39, 0.29) is 5.91 Å². The fourth-order valence-electron chi connectivity index (χ4n) is 2.78. The second-order valence-corrected chi connectivity index (χ2v) is 6.36. The minimum Gasteiger partial charge on any atom is -0.497 e. The van der Waals surface area contributed by atoms with Crippen LogP contribution in [0.4, 0.5) is 0 Å². The van der Waals surface area contributed by atoms with E-state index in [0.717, 1.165) is 12.3 Å². The molecule has 3 rings (SSSR count). The predicted molar refractivity (Wildman–Crippen MR) is 96.0 cm³/mol. The third-order valence-corrected chi connectivity index (χ3v) is 4.30. The summed E-state index contributed by atoms with van der Waals surface area (Å²) >= 11 is 0. The van der Waals surface area contributed by atoms with Crippen molar-refractivity contribution < 1.29 is 18.7 Å². The minimum absolute atomic E-state index is 0.247. The average molecular weight is 359 g/mol. The van der Waals surface area contributed by atoms with Gasteiger partial charge in [-0.2, -0.15) is 0 Å². The molecule has 1 aromatic carbocycles. The highest BCUT2D eigenvalue weighted by Crippen LogP contribution is 2.30. The van der Waals surface area contributed by atoms with Crippen LogP contribution in [0.3, 0.4) is 0 Å². The van der Waals surface area contributed by atoms with Gasteiger partial charge in [0.1, 0.15) is 12.0 Å². The molecule has 1 aliphatic carbocycles. The molecule has 1 aliphatic rings. The Morgan fingerprint density at radius 3 is 2.92 bits per heavy atom. The maximum atomic E-state index is 12.0. The lowest BCUT2D eigenvalue weighted by molar-refractivity contribution is 0.0932. The Hall–Kier alpha value is -2.38. The highest BCUT2D eigenvalue weighted by atomic mass is 16.5. The molecule has 0 aliphatic heterocycles. The van der Waals surface area contributed by atoms with Gasteiger partial charge in [-0.1, -0.05) is 12.1 Å². The van der Waals surface area contributed by atoms with Gasteiger partial charge in [0.25, 0.3) is 5.91 Å². The molecule has 1 aromatic heterocycles. The number of ether oxygens (including phenoxy) is 2. The lowest BCUT2D eigenvalue weighted by Crippen LogP contribution is -2.27. The van der Waals surface area contributed by atoms with Crippen molar-refractivity contribution >= 4 is 5.91 Å². The first-order valence-corrected chi connectivity index (χ1v) is 8.78. The van der Waals surface area contributed by atoms with Crippen LogP contribution in [-0.4, -0.2) is 49.2 Å². The molecule has 0 saturated heterocycles. The van der Waals surface area contributed by atoms with E-state index >= 15 is 0 Å². The number of aromatic nitrogens is 1. The topological polar surface area (TPSA) is 76.8 Å². The summed E-state index contributed by atoms with van der Waals surface area (Å²) in [6, 6.07) is 8.59. The molecule has 26 heavy (non-hydrogen) atoms.